The van der Waals surface area contributed by atoms with E-state index in [1.165, 1.54) is 12.7 Å². The SMILES string of the molecule is COCC(N)C(=O)NCC(=O)N1CCCc2ccccc21.Cl. The summed E-state index contributed by atoms with van der Waals surface area (Å²) in [4.78, 5) is 25.7. The number of carbonyl (C=O) groups is 2. The fraction of sp³-hybridized carbons (Fsp3) is 0.467. The molecule has 1 unspecified atom stereocenters. The fourth-order valence-electron chi connectivity index (χ4n) is 2.44. The Kier molecular flexibility index (Phi) is 7.31. The lowest BCUT2D eigenvalue weighted by Crippen LogP contribution is -2.48. The summed E-state index contributed by atoms with van der Waals surface area (Å²) in [5.74, 6) is -0.504. The van der Waals surface area contributed by atoms with E-state index >= 15 is 0 Å². The molecule has 1 aliphatic heterocycles. The van der Waals surface area contributed by atoms with Crippen LogP contribution in [0.5, 0.6) is 0 Å². The molecule has 0 saturated heterocycles. The summed E-state index contributed by atoms with van der Waals surface area (Å²) >= 11 is 0. The zero-order chi connectivity index (χ0) is 15.2. The van der Waals surface area contributed by atoms with E-state index in [1.807, 2.05) is 24.3 Å². The molecule has 7 heteroatoms. The van der Waals surface area contributed by atoms with Crippen molar-refractivity contribution in [3.63, 3.8) is 0 Å². The van der Waals surface area contributed by atoms with Gasteiger partial charge in [0.25, 0.3) is 0 Å². The number of methoxy groups -OCH3 is 1. The summed E-state index contributed by atoms with van der Waals surface area (Å²) in [6.07, 6.45) is 1.91. The Morgan fingerprint density at radius 1 is 1.41 bits per heavy atom. The highest BCUT2D eigenvalue weighted by Crippen LogP contribution is 2.26. The Labute approximate surface area is 136 Å². The van der Waals surface area contributed by atoms with Crippen LogP contribution in [0.25, 0.3) is 0 Å². The van der Waals surface area contributed by atoms with Crippen LogP contribution in [0.2, 0.25) is 0 Å². The number of fused-ring (bicyclic) bond motifs is 1. The van der Waals surface area contributed by atoms with Crippen molar-refractivity contribution in [2.45, 2.75) is 18.9 Å². The van der Waals surface area contributed by atoms with Crippen LogP contribution in [0.4, 0.5) is 5.69 Å². The summed E-state index contributed by atoms with van der Waals surface area (Å²) in [6, 6.07) is 7.10. The van der Waals surface area contributed by atoms with Gasteiger partial charge in [0.1, 0.15) is 6.04 Å². The van der Waals surface area contributed by atoms with Gasteiger partial charge in [-0.25, -0.2) is 0 Å². The van der Waals surface area contributed by atoms with E-state index in [-0.39, 0.29) is 37.4 Å². The number of halogens is 1. The summed E-state index contributed by atoms with van der Waals surface area (Å²) in [5, 5.41) is 2.56. The van der Waals surface area contributed by atoms with Crippen molar-refractivity contribution in [2.24, 2.45) is 5.73 Å². The van der Waals surface area contributed by atoms with Gasteiger partial charge in [-0.3, -0.25) is 9.59 Å². The maximum atomic E-state index is 12.3. The maximum Gasteiger partial charge on any atom is 0.246 e. The Morgan fingerprint density at radius 3 is 2.86 bits per heavy atom. The van der Waals surface area contributed by atoms with Crippen molar-refractivity contribution in [1.82, 2.24) is 5.32 Å². The highest BCUT2D eigenvalue weighted by molar-refractivity contribution is 5.98. The second kappa shape index (κ2) is 8.73. The van der Waals surface area contributed by atoms with E-state index < -0.39 is 6.04 Å². The normalized spacial score (nSPS) is 14.5. The van der Waals surface area contributed by atoms with Crippen molar-refractivity contribution in [3.05, 3.63) is 29.8 Å². The number of aryl methyl sites for hydroxylation is 1. The van der Waals surface area contributed by atoms with Crippen LogP contribution in [0.3, 0.4) is 0 Å². The van der Waals surface area contributed by atoms with Gasteiger partial charge in [0, 0.05) is 19.3 Å². The lowest BCUT2D eigenvalue weighted by Gasteiger charge is -2.29. The minimum atomic E-state index is -0.753. The molecular formula is C15H22ClN3O3. The average Bonchev–Trinajstić information content (AvgIpc) is 2.51. The first kappa shape index (κ1) is 18.4. The van der Waals surface area contributed by atoms with Crippen LogP contribution in [-0.2, 0) is 20.7 Å². The van der Waals surface area contributed by atoms with Gasteiger partial charge in [-0.2, -0.15) is 0 Å². The number of amides is 2. The van der Waals surface area contributed by atoms with Gasteiger partial charge in [0.15, 0.2) is 0 Å². The van der Waals surface area contributed by atoms with Crippen molar-refractivity contribution in [3.8, 4) is 0 Å². The quantitative estimate of drug-likeness (QED) is 0.823. The van der Waals surface area contributed by atoms with Gasteiger partial charge >= 0.3 is 0 Å². The molecule has 0 bridgehead atoms. The monoisotopic (exact) mass is 327 g/mol. The molecule has 0 aromatic heterocycles. The first-order chi connectivity index (χ1) is 10.1. The largest absolute Gasteiger partial charge is 0.383 e. The molecule has 22 heavy (non-hydrogen) atoms. The van der Waals surface area contributed by atoms with Gasteiger partial charge < -0.3 is 20.7 Å². The molecule has 0 aliphatic carbocycles. The standard InChI is InChI=1S/C15H21N3O3.ClH/c1-21-10-12(16)15(20)17-9-14(19)18-8-4-6-11-5-2-3-7-13(11)18;/h2-3,5,7,12H,4,6,8-10,16H2,1H3,(H,17,20);1H. The number of anilines is 1. The maximum absolute atomic E-state index is 12.3. The first-order valence-electron chi connectivity index (χ1n) is 7.04. The van der Waals surface area contributed by atoms with E-state index in [9.17, 15) is 9.59 Å². The van der Waals surface area contributed by atoms with Gasteiger partial charge in [0.2, 0.25) is 11.8 Å². The molecule has 6 nitrogen and oxygen atoms in total. The number of nitrogens with zero attached hydrogens (tertiary/aromatic N) is 1. The van der Waals surface area contributed by atoms with Gasteiger partial charge in [-0.05, 0) is 24.5 Å². The number of carbonyl (C=O) groups excluding carboxylic acids is 2. The number of rotatable bonds is 5. The number of hydrogen-bond donors (Lipinski definition) is 2. The Morgan fingerprint density at radius 2 is 2.14 bits per heavy atom. The van der Waals surface area contributed by atoms with Crippen LogP contribution < -0.4 is 16.0 Å². The molecule has 1 aliphatic rings. The zero-order valence-corrected chi connectivity index (χ0v) is 13.4. The van der Waals surface area contributed by atoms with Crippen molar-refractivity contribution >= 4 is 29.9 Å². The first-order valence-corrected chi connectivity index (χ1v) is 7.04. The topological polar surface area (TPSA) is 84.7 Å². The predicted octanol–water partition coefficient (Wildman–Crippen LogP) is 0.478. The number of nitrogens with one attached hydrogen (secondary N) is 1. The summed E-state index contributed by atoms with van der Waals surface area (Å²) < 4.78 is 4.81. The molecule has 0 radical (unpaired) electrons. The summed E-state index contributed by atoms with van der Waals surface area (Å²) in [6.45, 7) is 0.757. The molecule has 1 aromatic carbocycles. The molecule has 1 aromatic rings. The second-order valence-electron chi connectivity index (χ2n) is 5.06. The molecule has 2 rings (SSSR count). The minimum Gasteiger partial charge on any atom is -0.383 e. The summed E-state index contributed by atoms with van der Waals surface area (Å²) in [7, 11) is 1.48. The van der Waals surface area contributed by atoms with Crippen molar-refractivity contribution in [1.29, 1.82) is 0 Å². The average molecular weight is 328 g/mol. The second-order valence-corrected chi connectivity index (χ2v) is 5.06. The number of benzene rings is 1. The van der Waals surface area contributed by atoms with Crippen molar-refractivity contribution in [2.75, 3.05) is 31.7 Å². The molecule has 0 spiro atoms. The lowest BCUT2D eigenvalue weighted by molar-refractivity contribution is -0.126. The van der Waals surface area contributed by atoms with E-state index in [4.69, 9.17) is 10.5 Å². The van der Waals surface area contributed by atoms with Crippen LogP contribution in [0.15, 0.2) is 24.3 Å². The third-order valence-electron chi connectivity index (χ3n) is 3.51. The molecule has 0 saturated carbocycles. The van der Waals surface area contributed by atoms with Gasteiger partial charge in [0.05, 0.1) is 13.2 Å². The van der Waals surface area contributed by atoms with Gasteiger partial charge in [-0.1, -0.05) is 18.2 Å². The predicted molar refractivity (Wildman–Crippen MR) is 87.2 cm³/mol. The smallest absolute Gasteiger partial charge is 0.246 e. The molecule has 3 N–H and O–H groups in total. The molecule has 1 atom stereocenters. The molecule has 2 amide bonds. The van der Waals surface area contributed by atoms with E-state index in [1.54, 1.807) is 4.90 Å². The highest BCUT2D eigenvalue weighted by Gasteiger charge is 2.23. The number of nitrogens with two attached hydrogens (primary N) is 1. The zero-order valence-electron chi connectivity index (χ0n) is 12.6. The molecule has 1 heterocycles. The Balaban J connectivity index is 0.00000242. The number of hydrogen-bond acceptors (Lipinski definition) is 4. The Bertz CT molecular complexity index is 525. The number of para-hydroxylation sites is 1. The van der Waals surface area contributed by atoms with E-state index in [2.05, 4.69) is 5.32 Å². The fourth-order valence-corrected chi connectivity index (χ4v) is 2.44. The van der Waals surface area contributed by atoms with Crippen LogP contribution in [0.1, 0.15) is 12.0 Å². The third kappa shape index (κ3) is 4.43. The highest BCUT2D eigenvalue weighted by atomic mass is 35.5. The molecule has 0 fully saturated rings. The molecular weight excluding hydrogens is 306 g/mol. The minimum absolute atomic E-state index is 0. The third-order valence-corrected chi connectivity index (χ3v) is 3.51. The number of ether oxygens (including phenoxy) is 1. The van der Waals surface area contributed by atoms with Crippen LogP contribution in [0, 0.1) is 0 Å². The summed E-state index contributed by atoms with van der Waals surface area (Å²) in [5.41, 5.74) is 7.71. The van der Waals surface area contributed by atoms with Crippen LogP contribution in [-0.4, -0.2) is 44.7 Å². The van der Waals surface area contributed by atoms with E-state index in [0.29, 0.717) is 6.54 Å². The van der Waals surface area contributed by atoms with Crippen molar-refractivity contribution < 1.29 is 14.3 Å². The van der Waals surface area contributed by atoms with Gasteiger partial charge in [-0.15, -0.1) is 12.4 Å². The van der Waals surface area contributed by atoms with E-state index in [0.717, 1.165) is 18.5 Å². The van der Waals surface area contributed by atoms with Crippen LogP contribution >= 0.6 is 12.4 Å². The molecule has 122 valence electrons. The lowest BCUT2D eigenvalue weighted by atomic mass is 10.0. The Hall–Kier alpha value is -1.63.